The number of hydrogen-bond acceptors (Lipinski definition) is 4. The van der Waals surface area contributed by atoms with E-state index < -0.39 is 6.04 Å². The summed E-state index contributed by atoms with van der Waals surface area (Å²) in [6, 6.07) is 23.7. The topological polar surface area (TPSA) is 105 Å². The summed E-state index contributed by atoms with van der Waals surface area (Å²) in [5.41, 5.74) is 8.70. The molecule has 186 valence electrons. The highest BCUT2D eigenvalue weighted by Crippen LogP contribution is 2.39. The highest BCUT2D eigenvalue weighted by molar-refractivity contribution is 6.07. The van der Waals surface area contributed by atoms with Gasteiger partial charge in [0.1, 0.15) is 0 Å². The predicted octanol–water partition coefficient (Wildman–Crippen LogP) is 4.06. The third-order valence-corrected chi connectivity index (χ3v) is 6.41. The predicted molar refractivity (Wildman–Crippen MR) is 142 cm³/mol. The molecule has 3 aromatic rings. The lowest BCUT2D eigenvalue weighted by Gasteiger charge is -2.31. The van der Waals surface area contributed by atoms with Gasteiger partial charge in [-0.3, -0.25) is 14.4 Å². The minimum atomic E-state index is -0.478. The molecule has 0 fully saturated rings. The van der Waals surface area contributed by atoms with Gasteiger partial charge in [-0.05, 0) is 41.3 Å². The number of amides is 3. The highest BCUT2D eigenvalue weighted by Gasteiger charge is 2.34. The molecule has 0 aliphatic carbocycles. The fourth-order valence-electron chi connectivity index (χ4n) is 4.22. The van der Waals surface area contributed by atoms with Crippen LogP contribution in [0.4, 0.5) is 11.4 Å². The third-order valence-electron chi connectivity index (χ3n) is 6.41. The molecule has 1 aliphatic rings. The molecular formula is C29H32N4O3. The minimum Gasteiger partial charge on any atom is -0.351 e. The van der Waals surface area contributed by atoms with Crippen molar-refractivity contribution in [1.29, 1.82) is 0 Å². The molecular weight excluding hydrogens is 452 g/mol. The van der Waals surface area contributed by atoms with Gasteiger partial charge in [0.2, 0.25) is 11.8 Å². The van der Waals surface area contributed by atoms with Crippen LogP contribution in [0.2, 0.25) is 0 Å². The van der Waals surface area contributed by atoms with E-state index in [2.05, 4.69) is 10.6 Å². The molecule has 0 saturated carbocycles. The Kier molecular flexibility index (Phi) is 7.50. The molecule has 0 aromatic heterocycles. The van der Waals surface area contributed by atoms with Crippen LogP contribution in [0.15, 0.2) is 78.9 Å². The van der Waals surface area contributed by atoms with Crippen molar-refractivity contribution in [1.82, 2.24) is 5.32 Å². The summed E-state index contributed by atoms with van der Waals surface area (Å²) < 4.78 is 0. The van der Waals surface area contributed by atoms with Crippen LogP contribution in [-0.4, -0.2) is 30.8 Å². The average Bonchev–Trinajstić information content (AvgIpc) is 3.03. The van der Waals surface area contributed by atoms with Gasteiger partial charge in [-0.1, -0.05) is 74.5 Å². The first kappa shape index (κ1) is 25.1. The van der Waals surface area contributed by atoms with Crippen LogP contribution < -0.4 is 21.3 Å². The molecule has 1 aliphatic heterocycles. The number of rotatable bonds is 7. The monoisotopic (exact) mass is 484 g/mol. The van der Waals surface area contributed by atoms with Gasteiger partial charge in [0, 0.05) is 12.1 Å². The van der Waals surface area contributed by atoms with Crippen LogP contribution in [-0.2, 0) is 16.0 Å². The molecule has 0 saturated heterocycles. The smallest absolute Gasteiger partial charge is 0.251 e. The second-order valence-electron chi connectivity index (χ2n) is 9.89. The molecule has 4 rings (SSSR count). The van der Waals surface area contributed by atoms with Crippen molar-refractivity contribution in [2.75, 3.05) is 23.3 Å². The molecule has 3 amide bonds. The Morgan fingerprint density at radius 1 is 1.03 bits per heavy atom. The van der Waals surface area contributed by atoms with Crippen LogP contribution >= 0.6 is 0 Å². The fourth-order valence-corrected chi connectivity index (χ4v) is 4.22. The van der Waals surface area contributed by atoms with Gasteiger partial charge in [-0.15, -0.1) is 0 Å². The molecule has 7 nitrogen and oxygen atoms in total. The highest BCUT2D eigenvalue weighted by atomic mass is 16.2. The first-order chi connectivity index (χ1) is 17.3. The second-order valence-corrected chi connectivity index (χ2v) is 9.89. The minimum absolute atomic E-state index is 0.103. The fraction of sp³-hybridized carbons (Fsp3) is 0.276. The number of hydrogen-bond donors (Lipinski definition) is 3. The van der Waals surface area contributed by atoms with Crippen LogP contribution in [0.5, 0.6) is 0 Å². The number of nitrogens with zero attached hydrogens (tertiary/aromatic N) is 1. The molecule has 3 aromatic carbocycles. The number of anilines is 2. The molecule has 1 heterocycles. The summed E-state index contributed by atoms with van der Waals surface area (Å²) in [5.74, 6) is -0.615. The zero-order chi connectivity index (χ0) is 25.7. The number of carbonyl (C=O) groups is 3. The molecule has 7 heteroatoms. The van der Waals surface area contributed by atoms with Gasteiger partial charge >= 0.3 is 0 Å². The van der Waals surface area contributed by atoms with Gasteiger partial charge < -0.3 is 21.3 Å². The van der Waals surface area contributed by atoms with E-state index in [4.69, 9.17) is 5.73 Å². The molecule has 0 spiro atoms. The van der Waals surface area contributed by atoms with Gasteiger partial charge in [0.05, 0.1) is 30.3 Å². The Morgan fingerprint density at radius 3 is 2.36 bits per heavy atom. The molecule has 0 bridgehead atoms. The van der Waals surface area contributed by atoms with Crippen molar-refractivity contribution < 1.29 is 14.4 Å². The average molecular weight is 485 g/mol. The summed E-state index contributed by atoms with van der Waals surface area (Å²) in [4.78, 5) is 41.3. The van der Waals surface area contributed by atoms with E-state index in [9.17, 15) is 14.4 Å². The normalized spacial score (nSPS) is 15.5. The van der Waals surface area contributed by atoms with E-state index in [1.807, 2.05) is 74.5 Å². The lowest BCUT2D eigenvalue weighted by Crippen LogP contribution is -2.38. The second kappa shape index (κ2) is 10.7. The van der Waals surface area contributed by atoms with Gasteiger partial charge in [0.25, 0.3) is 5.91 Å². The SMILES string of the molecule is CC(C)(CN)CNC(=O)c1ccc2c(c1)NC(=O)CC(c1ccccc1)N2C(=O)Cc1ccccc1. The van der Waals surface area contributed by atoms with Crippen molar-refractivity contribution in [3.05, 3.63) is 95.6 Å². The molecule has 36 heavy (non-hydrogen) atoms. The van der Waals surface area contributed by atoms with Crippen molar-refractivity contribution in [3.63, 3.8) is 0 Å². The maximum Gasteiger partial charge on any atom is 0.251 e. The maximum absolute atomic E-state index is 13.7. The molecule has 1 atom stereocenters. The molecule has 1 unspecified atom stereocenters. The van der Waals surface area contributed by atoms with Crippen molar-refractivity contribution in [2.45, 2.75) is 32.7 Å². The van der Waals surface area contributed by atoms with Gasteiger partial charge in [-0.2, -0.15) is 0 Å². The van der Waals surface area contributed by atoms with E-state index in [-0.39, 0.29) is 36.0 Å². The number of fused-ring (bicyclic) bond motifs is 1. The summed E-state index contributed by atoms with van der Waals surface area (Å²) in [7, 11) is 0. The zero-order valence-electron chi connectivity index (χ0n) is 20.7. The van der Waals surface area contributed by atoms with E-state index >= 15 is 0 Å². The van der Waals surface area contributed by atoms with E-state index in [1.54, 1.807) is 23.1 Å². The lowest BCUT2D eigenvalue weighted by molar-refractivity contribution is -0.119. The quantitative estimate of drug-likeness (QED) is 0.470. The van der Waals surface area contributed by atoms with Crippen molar-refractivity contribution >= 4 is 29.1 Å². The van der Waals surface area contributed by atoms with E-state index in [1.165, 1.54) is 0 Å². The third kappa shape index (κ3) is 5.80. The first-order valence-corrected chi connectivity index (χ1v) is 12.1. The van der Waals surface area contributed by atoms with Crippen LogP contribution in [0, 0.1) is 5.41 Å². The van der Waals surface area contributed by atoms with Crippen LogP contribution in [0.3, 0.4) is 0 Å². The number of carbonyl (C=O) groups excluding carboxylic acids is 3. The Labute approximate surface area is 211 Å². The zero-order valence-corrected chi connectivity index (χ0v) is 20.7. The first-order valence-electron chi connectivity index (χ1n) is 12.1. The van der Waals surface area contributed by atoms with Gasteiger partial charge in [-0.25, -0.2) is 0 Å². The van der Waals surface area contributed by atoms with E-state index in [0.29, 0.717) is 30.0 Å². The standard InChI is InChI=1S/C29H32N4O3/c1-29(2,18-30)19-31-28(36)22-13-14-24-23(16-22)32-26(34)17-25(21-11-7-4-8-12-21)33(24)27(35)15-20-9-5-3-6-10-20/h3-14,16,25H,15,17-19,30H2,1-2H3,(H,31,36)(H,32,34). The number of benzene rings is 3. The summed E-state index contributed by atoms with van der Waals surface area (Å²) in [6.07, 6.45) is 0.291. The molecule has 0 radical (unpaired) electrons. The van der Waals surface area contributed by atoms with E-state index in [0.717, 1.165) is 11.1 Å². The number of nitrogens with one attached hydrogen (secondary N) is 2. The number of nitrogens with two attached hydrogens (primary N) is 1. The maximum atomic E-state index is 13.7. The van der Waals surface area contributed by atoms with Crippen LogP contribution in [0.25, 0.3) is 0 Å². The summed E-state index contributed by atoms with van der Waals surface area (Å²) >= 11 is 0. The molecule has 4 N–H and O–H groups in total. The van der Waals surface area contributed by atoms with Crippen LogP contribution in [0.1, 0.15) is 47.8 Å². The van der Waals surface area contributed by atoms with Gasteiger partial charge in [0.15, 0.2) is 0 Å². The Bertz CT molecular complexity index is 1240. The summed E-state index contributed by atoms with van der Waals surface area (Å²) in [5, 5.41) is 5.83. The Morgan fingerprint density at radius 2 is 1.69 bits per heavy atom. The Hall–Kier alpha value is -3.97. The summed E-state index contributed by atoms with van der Waals surface area (Å²) in [6.45, 7) is 4.81. The van der Waals surface area contributed by atoms with Crippen molar-refractivity contribution in [3.8, 4) is 0 Å². The lowest BCUT2D eigenvalue weighted by atomic mass is 9.94. The van der Waals surface area contributed by atoms with Crippen molar-refractivity contribution in [2.24, 2.45) is 11.1 Å². The largest absolute Gasteiger partial charge is 0.351 e. The Balaban J connectivity index is 1.71.